The maximum atomic E-state index is 13.7. The van der Waals surface area contributed by atoms with Gasteiger partial charge in [-0.15, -0.1) is 0 Å². The number of halogens is 1. The van der Waals surface area contributed by atoms with Crippen LogP contribution in [0.4, 0.5) is 4.39 Å². The summed E-state index contributed by atoms with van der Waals surface area (Å²) < 4.78 is 38.9. The van der Waals surface area contributed by atoms with Gasteiger partial charge in [-0.3, -0.25) is 9.78 Å². The van der Waals surface area contributed by atoms with Gasteiger partial charge in [0.05, 0.1) is 12.8 Å². The van der Waals surface area contributed by atoms with Crippen molar-refractivity contribution in [3.8, 4) is 0 Å². The molecule has 0 fully saturated rings. The quantitative estimate of drug-likeness (QED) is 0.651. The molecule has 0 atom stereocenters. The second-order valence-corrected chi connectivity index (χ2v) is 8.34. The summed E-state index contributed by atoms with van der Waals surface area (Å²) in [5.74, 6) is -0.685. The Hall–Kier alpha value is -2.32. The molecule has 2 rings (SSSR count). The highest BCUT2D eigenvalue weighted by Gasteiger charge is 2.22. The van der Waals surface area contributed by atoms with E-state index in [1.807, 2.05) is 12.1 Å². The monoisotopic (exact) mass is 393 g/mol. The van der Waals surface area contributed by atoms with Crippen LogP contribution < -0.4 is 0 Å². The fraction of sp³-hybridized carbons (Fsp3) is 0.368. The zero-order valence-electron chi connectivity index (χ0n) is 15.5. The molecule has 0 unspecified atom stereocenters. The number of likely N-dealkylation sites (N-methyl/N-ethyl adjacent to an activating group) is 1. The highest BCUT2D eigenvalue weighted by molar-refractivity contribution is 7.88. The predicted molar refractivity (Wildman–Crippen MR) is 102 cm³/mol. The number of pyridine rings is 1. The molecule has 27 heavy (non-hydrogen) atoms. The normalized spacial score (nSPS) is 11.6. The molecule has 1 aromatic carbocycles. The number of nitrogens with zero attached hydrogens (tertiary/aromatic N) is 3. The van der Waals surface area contributed by atoms with E-state index in [4.69, 9.17) is 0 Å². The van der Waals surface area contributed by atoms with Crippen LogP contribution in [0.25, 0.3) is 0 Å². The number of amides is 1. The van der Waals surface area contributed by atoms with Gasteiger partial charge in [-0.25, -0.2) is 12.8 Å². The summed E-state index contributed by atoms with van der Waals surface area (Å²) in [5.41, 5.74) is 1.47. The molecule has 0 saturated heterocycles. The molecule has 146 valence electrons. The van der Waals surface area contributed by atoms with Gasteiger partial charge in [-0.05, 0) is 42.2 Å². The molecule has 0 aliphatic heterocycles. The Morgan fingerprint density at radius 2 is 1.74 bits per heavy atom. The van der Waals surface area contributed by atoms with Gasteiger partial charge < -0.3 is 4.90 Å². The van der Waals surface area contributed by atoms with E-state index < -0.39 is 10.0 Å². The SMILES string of the molecule is CN(CCc1ccncc1)C(=O)CN(CCc1ccccc1F)S(C)(=O)=O. The lowest BCUT2D eigenvalue weighted by Crippen LogP contribution is -2.42. The lowest BCUT2D eigenvalue weighted by molar-refractivity contribution is -0.130. The lowest BCUT2D eigenvalue weighted by Gasteiger charge is -2.23. The van der Waals surface area contributed by atoms with E-state index in [0.717, 1.165) is 16.1 Å². The summed E-state index contributed by atoms with van der Waals surface area (Å²) in [6.07, 6.45) is 5.28. The summed E-state index contributed by atoms with van der Waals surface area (Å²) in [4.78, 5) is 17.9. The Labute approximate surface area is 159 Å². The summed E-state index contributed by atoms with van der Waals surface area (Å²) in [7, 11) is -1.95. The van der Waals surface area contributed by atoms with Crippen LogP contribution in [0.2, 0.25) is 0 Å². The van der Waals surface area contributed by atoms with Crippen LogP contribution >= 0.6 is 0 Å². The second-order valence-electron chi connectivity index (χ2n) is 6.36. The van der Waals surface area contributed by atoms with E-state index in [1.54, 1.807) is 37.6 Å². The van der Waals surface area contributed by atoms with Gasteiger partial charge in [-0.2, -0.15) is 4.31 Å². The van der Waals surface area contributed by atoms with Crippen LogP contribution in [-0.2, 0) is 27.7 Å². The summed E-state index contributed by atoms with van der Waals surface area (Å²) >= 11 is 0. The fourth-order valence-corrected chi connectivity index (χ4v) is 3.32. The van der Waals surface area contributed by atoms with E-state index in [-0.39, 0.29) is 31.2 Å². The Bertz CT molecular complexity index is 860. The molecule has 1 heterocycles. The van der Waals surface area contributed by atoms with Crippen LogP contribution in [0.15, 0.2) is 48.8 Å². The van der Waals surface area contributed by atoms with E-state index in [1.165, 1.54) is 11.0 Å². The van der Waals surface area contributed by atoms with Crippen molar-refractivity contribution in [1.82, 2.24) is 14.2 Å². The molecule has 0 bridgehead atoms. The minimum Gasteiger partial charge on any atom is -0.344 e. The van der Waals surface area contributed by atoms with Crippen molar-refractivity contribution in [2.75, 3.05) is 32.9 Å². The van der Waals surface area contributed by atoms with Crippen LogP contribution in [0, 0.1) is 5.82 Å². The van der Waals surface area contributed by atoms with Gasteiger partial charge in [0.1, 0.15) is 5.82 Å². The molecule has 0 aliphatic rings. The van der Waals surface area contributed by atoms with Crippen LogP contribution in [0.5, 0.6) is 0 Å². The Morgan fingerprint density at radius 3 is 2.37 bits per heavy atom. The number of hydrogen-bond acceptors (Lipinski definition) is 4. The first-order valence-corrected chi connectivity index (χ1v) is 10.4. The standard InChI is InChI=1S/C19H24FN3O3S/c1-22(13-9-16-7-11-21-12-8-16)19(24)15-23(27(2,25)26)14-10-17-5-3-4-6-18(17)20/h3-8,11-12H,9-10,13-15H2,1-2H3. The predicted octanol–water partition coefficient (Wildman–Crippen LogP) is 1.73. The number of carbonyl (C=O) groups excluding carboxylic acids is 1. The molecule has 0 saturated carbocycles. The second kappa shape index (κ2) is 9.57. The first-order valence-electron chi connectivity index (χ1n) is 8.59. The maximum Gasteiger partial charge on any atom is 0.237 e. The van der Waals surface area contributed by atoms with Crippen LogP contribution in [0.3, 0.4) is 0 Å². The minimum atomic E-state index is -3.59. The van der Waals surface area contributed by atoms with Crippen molar-refractivity contribution < 1.29 is 17.6 Å². The molecule has 0 N–H and O–H groups in total. The van der Waals surface area contributed by atoms with Crippen molar-refractivity contribution in [2.45, 2.75) is 12.8 Å². The molecular formula is C19H24FN3O3S. The molecule has 0 spiro atoms. The molecular weight excluding hydrogens is 369 g/mol. The fourth-order valence-electron chi connectivity index (χ4n) is 2.55. The molecule has 2 aromatic rings. The maximum absolute atomic E-state index is 13.7. The average molecular weight is 393 g/mol. The smallest absolute Gasteiger partial charge is 0.237 e. The van der Waals surface area contributed by atoms with Gasteiger partial charge in [0.15, 0.2) is 0 Å². The topological polar surface area (TPSA) is 70.6 Å². The van der Waals surface area contributed by atoms with E-state index in [9.17, 15) is 17.6 Å². The first kappa shape index (κ1) is 21.0. The Morgan fingerprint density at radius 1 is 1.07 bits per heavy atom. The summed E-state index contributed by atoms with van der Waals surface area (Å²) in [6, 6.07) is 9.96. The Balaban J connectivity index is 1.94. The van der Waals surface area contributed by atoms with Gasteiger partial charge in [-0.1, -0.05) is 18.2 Å². The van der Waals surface area contributed by atoms with E-state index in [0.29, 0.717) is 18.5 Å². The third-order valence-electron chi connectivity index (χ3n) is 4.28. The van der Waals surface area contributed by atoms with Gasteiger partial charge in [0.25, 0.3) is 0 Å². The zero-order chi connectivity index (χ0) is 19.9. The summed E-state index contributed by atoms with van der Waals surface area (Å²) in [6.45, 7) is 0.248. The third-order valence-corrected chi connectivity index (χ3v) is 5.53. The highest BCUT2D eigenvalue weighted by atomic mass is 32.2. The van der Waals surface area contributed by atoms with Crippen LogP contribution in [0.1, 0.15) is 11.1 Å². The molecule has 0 aliphatic carbocycles. The molecule has 1 aromatic heterocycles. The van der Waals surface area contributed by atoms with Crippen LogP contribution in [-0.4, -0.2) is 61.5 Å². The largest absolute Gasteiger partial charge is 0.344 e. The van der Waals surface area contributed by atoms with Crippen molar-refractivity contribution in [3.63, 3.8) is 0 Å². The van der Waals surface area contributed by atoms with Crippen molar-refractivity contribution in [2.24, 2.45) is 0 Å². The summed E-state index contributed by atoms with van der Waals surface area (Å²) in [5, 5.41) is 0. The van der Waals surface area contributed by atoms with Gasteiger partial charge >= 0.3 is 0 Å². The molecule has 0 radical (unpaired) electrons. The zero-order valence-corrected chi connectivity index (χ0v) is 16.3. The van der Waals surface area contributed by atoms with Gasteiger partial charge in [0.2, 0.25) is 15.9 Å². The Kier molecular flexibility index (Phi) is 7.44. The molecule has 6 nitrogen and oxygen atoms in total. The number of aromatic nitrogens is 1. The highest BCUT2D eigenvalue weighted by Crippen LogP contribution is 2.10. The number of benzene rings is 1. The molecule has 8 heteroatoms. The van der Waals surface area contributed by atoms with Crippen molar-refractivity contribution in [1.29, 1.82) is 0 Å². The van der Waals surface area contributed by atoms with E-state index >= 15 is 0 Å². The van der Waals surface area contributed by atoms with Gasteiger partial charge in [0, 0.05) is 32.5 Å². The minimum absolute atomic E-state index is 0.0453. The molecule has 1 amide bonds. The van der Waals surface area contributed by atoms with Crippen molar-refractivity contribution >= 4 is 15.9 Å². The lowest BCUT2D eigenvalue weighted by atomic mass is 10.1. The van der Waals surface area contributed by atoms with Crippen molar-refractivity contribution in [3.05, 3.63) is 65.7 Å². The van der Waals surface area contributed by atoms with E-state index in [2.05, 4.69) is 4.98 Å². The average Bonchev–Trinajstić information content (AvgIpc) is 2.64. The number of hydrogen-bond donors (Lipinski definition) is 0. The number of sulfonamides is 1. The number of carbonyl (C=O) groups is 1. The number of rotatable bonds is 9. The first-order chi connectivity index (χ1) is 12.8. The third kappa shape index (κ3) is 6.73.